The molecular weight excluding hydrogens is 340 g/mol. The lowest BCUT2D eigenvalue weighted by Gasteiger charge is -2.46. The number of nitrogens with zero attached hydrogens (tertiary/aromatic N) is 1. The van der Waals surface area contributed by atoms with Gasteiger partial charge >= 0.3 is 0 Å². The smallest absolute Gasteiger partial charge is 0.128 e. The van der Waals surface area contributed by atoms with E-state index in [2.05, 4.69) is 22.9 Å². The zero-order valence-corrected chi connectivity index (χ0v) is 16.5. The van der Waals surface area contributed by atoms with Crippen LogP contribution in [0.1, 0.15) is 37.1 Å². The number of methoxy groups -OCH3 is 2. The van der Waals surface area contributed by atoms with Crippen LogP contribution in [0, 0.1) is 11.8 Å². The molecule has 3 atom stereocenters. The van der Waals surface area contributed by atoms with E-state index in [1.54, 1.807) is 20.5 Å². The van der Waals surface area contributed by atoms with E-state index in [0.717, 1.165) is 49.2 Å². The molecule has 1 aromatic carbocycles. The van der Waals surface area contributed by atoms with Gasteiger partial charge in [-0.2, -0.15) is 0 Å². The van der Waals surface area contributed by atoms with Crippen LogP contribution in [0.15, 0.2) is 30.0 Å². The highest BCUT2D eigenvalue weighted by Gasteiger charge is 2.41. The van der Waals surface area contributed by atoms with E-state index in [0.29, 0.717) is 17.9 Å². The van der Waals surface area contributed by atoms with Gasteiger partial charge in [-0.25, -0.2) is 0 Å². The highest BCUT2D eigenvalue weighted by molar-refractivity contribution is 5.91. The summed E-state index contributed by atoms with van der Waals surface area (Å²) in [6, 6.07) is 6.58. The summed E-state index contributed by atoms with van der Waals surface area (Å²) in [5.74, 6) is 1.85. The number of rotatable bonds is 5. The molecule has 0 saturated carbocycles. The van der Waals surface area contributed by atoms with Crippen LogP contribution in [0.2, 0.25) is 0 Å². The molecule has 4 rings (SSSR count). The summed E-state index contributed by atoms with van der Waals surface area (Å²) in [5.41, 5.74) is 4.91. The van der Waals surface area contributed by atoms with E-state index in [1.807, 2.05) is 12.1 Å². The van der Waals surface area contributed by atoms with E-state index >= 15 is 0 Å². The van der Waals surface area contributed by atoms with Crippen molar-refractivity contribution in [3.8, 4) is 5.75 Å². The number of nitrogens with one attached hydrogen (secondary N) is 1. The molecule has 1 saturated heterocycles. The van der Waals surface area contributed by atoms with E-state index < -0.39 is 0 Å². The van der Waals surface area contributed by atoms with Crippen molar-refractivity contribution < 1.29 is 14.6 Å². The molecule has 2 N–H and O–H groups in total. The maximum absolute atomic E-state index is 9.91. The van der Waals surface area contributed by atoms with Crippen LogP contribution in [0.25, 0.3) is 10.9 Å². The van der Waals surface area contributed by atoms with Crippen LogP contribution in [-0.4, -0.2) is 48.9 Å². The Bertz CT molecular complexity index is 841. The van der Waals surface area contributed by atoms with Gasteiger partial charge in [0.15, 0.2) is 0 Å². The Kier molecular flexibility index (Phi) is 5.15. The number of benzene rings is 1. The van der Waals surface area contributed by atoms with Gasteiger partial charge in [-0.1, -0.05) is 19.4 Å². The highest BCUT2D eigenvalue weighted by Crippen LogP contribution is 2.46. The topological polar surface area (TPSA) is 57.7 Å². The molecule has 0 amide bonds. The normalized spacial score (nSPS) is 25.9. The molecule has 0 aliphatic carbocycles. The summed E-state index contributed by atoms with van der Waals surface area (Å²) >= 11 is 0. The van der Waals surface area contributed by atoms with Gasteiger partial charge in [0.25, 0.3) is 0 Å². The summed E-state index contributed by atoms with van der Waals surface area (Å²) < 4.78 is 10.9. The number of H-pyrrole nitrogens is 1. The van der Waals surface area contributed by atoms with Gasteiger partial charge in [-0.15, -0.1) is 0 Å². The standard InChI is InChI=1S/C22H30N2O3/c1-4-14-11-24-9-8-16-21-18(6-5-7-20(21)27-3)23-22(16)19(24)10-17(14)15(12-25)13-26-2/h5-7,13-14,17,19,23,25H,4,8-12H2,1-3H3/b15-13-/t14-,17+,19+/m1/s1. The highest BCUT2D eigenvalue weighted by atomic mass is 16.5. The average molecular weight is 370 g/mol. The minimum Gasteiger partial charge on any atom is -0.504 e. The zero-order valence-electron chi connectivity index (χ0n) is 16.5. The number of aromatic amines is 1. The van der Waals surface area contributed by atoms with Crippen molar-refractivity contribution in [3.63, 3.8) is 0 Å². The van der Waals surface area contributed by atoms with Gasteiger partial charge < -0.3 is 19.6 Å². The van der Waals surface area contributed by atoms with Crippen molar-refractivity contribution in [1.29, 1.82) is 0 Å². The van der Waals surface area contributed by atoms with Crippen molar-refractivity contribution in [2.45, 2.75) is 32.2 Å². The molecule has 3 heterocycles. The van der Waals surface area contributed by atoms with Gasteiger partial charge in [-0.05, 0) is 47.9 Å². The van der Waals surface area contributed by atoms with Crippen LogP contribution in [0.5, 0.6) is 5.75 Å². The zero-order chi connectivity index (χ0) is 19.0. The van der Waals surface area contributed by atoms with Crippen molar-refractivity contribution in [2.24, 2.45) is 11.8 Å². The van der Waals surface area contributed by atoms with Gasteiger partial charge in [0.05, 0.1) is 33.1 Å². The molecular formula is C22H30N2O3. The molecule has 146 valence electrons. The summed E-state index contributed by atoms with van der Waals surface area (Å²) in [4.78, 5) is 6.32. The van der Waals surface area contributed by atoms with E-state index in [4.69, 9.17) is 9.47 Å². The Morgan fingerprint density at radius 2 is 2.22 bits per heavy atom. The second kappa shape index (κ2) is 7.56. The van der Waals surface area contributed by atoms with E-state index in [-0.39, 0.29) is 6.61 Å². The molecule has 5 nitrogen and oxygen atoms in total. The lowest BCUT2D eigenvalue weighted by atomic mass is 9.74. The Hall–Kier alpha value is -1.98. The van der Waals surface area contributed by atoms with Crippen LogP contribution in [0.4, 0.5) is 0 Å². The van der Waals surface area contributed by atoms with Crippen LogP contribution in [0.3, 0.4) is 0 Å². The summed E-state index contributed by atoms with van der Waals surface area (Å²) in [7, 11) is 3.41. The average Bonchev–Trinajstić information content (AvgIpc) is 3.10. The quantitative estimate of drug-likeness (QED) is 0.789. The molecule has 2 aromatic rings. The second-order valence-corrected chi connectivity index (χ2v) is 7.76. The van der Waals surface area contributed by atoms with E-state index in [9.17, 15) is 5.11 Å². The Balaban J connectivity index is 1.75. The Morgan fingerprint density at radius 1 is 1.37 bits per heavy atom. The first-order valence-corrected chi connectivity index (χ1v) is 9.95. The number of aromatic nitrogens is 1. The number of fused-ring (bicyclic) bond motifs is 5. The second-order valence-electron chi connectivity index (χ2n) is 7.76. The molecule has 0 radical (unpaired) electrons. The Labute approximate surface area is 161 Å². The fourth-order valence-corrected chi connectivity index (χ4v) is 5.22. The molecule has 0 unspecified atom stereocenters. The number of piperidine rings is 1. The molecule has 2 aliphatic rings. The van der Waals surface area contributed by atoms with Gasteiger partial charge in [0.1, 0.15) is 5.75 Å². The van der Waals surface area contributed by atoms with Crippen LogP contribution < -0.4 is 4.74 Å². The molecule has 2 aliphatic heterocycles. The van der Waals surface area contributed by atoms with Crippen LogP contribution >= 0.6 is 0 Å². The van der Waals surface area contributed by atoms with Crippen molar-refractivity contribution >= 4 is 10.9 Å². The number of aliphatic hydroxyl groups is 1. The lowest BCUT2D eigenvalue weighted by molar-refractivity contribution is 0.0582. The van der Waals surface area contributed by atoms with Gasteiger partial charge in [0, 0.05) is 29.7 Å². The minimum absolute atomic E-state index is 0.0646. The third kappa shape index (κ3) is 3.03. The van der Waals surface area contributed by atoms with Crippen LogP contribution in [-0.2, 0) is 11.2 Å². The molecule has 5 heteroatoms. The predicted molar refractivity (Wildman–Crippen MR) is 107 cm³/mol. The SMILES string of the molecule is CC[C@@H]1CN2CCc3c([nH]c4cccc(OC)c34)[C@@H]2C[C@@H]1/C(=C\OC)CO. The van der Waals surface area contributed by atoms with Gasteiger partial charge in [-0.3, -0.25) is 4.90 Å². The maximum atomic E-state index is 9.91. The monoisotopic (exact) mass is 370 g/mol. The number of hydrogen-bond donors (Lipinski definition) is 2. The fourth-order valence-electron chi connectivity index (χ4n) is 5.22. The fraction of sp³-hybridized carbons (Fsp3) is 0.545. The summed E-state index contributed by atoms with van der Waals surface area (Å²) in [6.07, 6.45) is 4.92. The minimum atomic E-state index is 0.0646. The largest absolute Gasteiger partial charge is 0.504 e. The molecule has 1 aromatic heterocycles. The van der Waals surface area contributed by atoms with E-state index in [1.165, 1.54) is 16.6 Å². The third-order valence-electron chi connectivity index (χ3n) is 6.53. The molecule has 0 bridgehead atoms. The summed E-state index contributed by atoms with van der Waals surface area (Å²) in [6.45, 7) is 4.46. The van der Waals surface area contributed by atoms with Crippen molar-refractivity contribution in [1.82, 2.24) is 9.88 Å². The lowest BCUT2D eigenvalue weighted by Crippen LogP contribution is -2.46. The number of aliphatic hydroxyl groups excluding tert-OH is 1. The predicted octanol–water partition coefficient (Wildman–Crippen LogP) is 3.64. The molecule has 27 heavy (non-hydrogen) atoms. The van der Waals surface area contributed by atoms with Gasteiger partial charge in [0.2, 0.25) is 0 Å². The van der Waals surface area contributed by atoms with Crippen molar-refractivity contribution in [3.05, 3.63) is 41.3 Å². The number of hydrogen-bond acceptors (Lipinski definition) is 4. The first kappa shape index (κ1) is 18.4. The molecule has 0 spiro atoms. The summed E-state index contributed by atoms with van der Waals surface area (Å²) in [5, 5.41) is 11.1. The maximum Gasteiger partial charge on any atom is 0.128 e. The first-order valence-electron chi connectivity index (χ1n) is 9.95. The molecule has 1 fully saturated rings. The number of ether oxygens (including phenoxy) is 2. The first-order chi connectivity index (χ1) is 13.2. The third-order valence-corrected chi connectivity index (χ3v) is 6.53. The Morgan fingerprint density at radius 3 is 2.93 bits per heavy atom. The van der Waals surface area contributed by atoms with Crippen molar-refractivity contribution in [2.75, 3.05) is 33.9 Å².